The van der Waals surface area contributed by atoms with Crippen LogP contribution >= 0.6 is 0 Å². The highest BCUT2D eigenvalue weighted by atomic mass is 19.1. The third-order valence-corrected chi connectivity index (χ3v) is 2.69. The van der Waals surface area contributed by atoms with Gasteiger partial charge in [-0.25, -0.2) is 9.37 Å². The van der Waals surface area contributed by atoms with Crippen molar-refractivity contribution in [2.45, 2.75) is 13.3 Å². The fourth-order valence-corrected chi connectivity index (χ4v) is 1.65. The number of aromatic nitrogens is 2. The van der Waals surface area contributed by atoms with E-state index in [1.54, 1.807) is 25.3 Å². The average molecular weight is 248 g/mol. The summed E-state index contributed by atoms with van der Waals surface area (Å²) in [7, 11) is 0. The Hall–Kier alpha value is -2.17. The Labute approximate surface area is 103 Å². The molecule has 0 spiro atoms. The monoisotopic (exact) mass is 248 g/mol. The number of imidazole rings is 1. The summed E-state index contributed by atoms with van der Waals surface area (Å²) in [6.45, 7) is 1.62. The minimum atomic E-state index is -0.862. The van der Waals surface area contributed by atoms with E-state index in [2.05, 4.69) is 9.97 Å². The Balaban J connectivity index is 2.18. The van der Waals surface area contributed by atoms with Crippen LogP contribution in [0.4, 0.5) is 4.39 Å². The summed E-state index contributed by atoms with van der Waals surface area (Å²) in [5.74, 6) is -1.10. The van der Waals surface area contributed by atoms with Gasteiger partial charge >= 0.3 is 5.97 Å². The molecule has 18 heavy (non-hydrogen) atoms. The summed E-state index contributed by atoms with van der Waals surface area (Å²) in [6.07, 6.45) is 1.91. The fourth-order valence-electron chi connectivity index (χ4n) is 1.65. The van der Waals surface area contributed by atoms with Gasteiger partial charge in [-0.2, -0.15) is 0 Å². The average Bonchev–Trinajstić information content (AvgIpc) is 2.77. The minimum Gasteiger partial charge on any atom is -0.481 e. The number of halogens is 1. The third kappa shape index (κ3) is 2.74. The van der Waals surface area contributed by atoms with E-state index in [4.69, 9.17) is 5.11 Å². The van der Waals surface area contributed by atoms with Gasteiger partial charge in [-0.1, -0.05) is 19.1 Å². The molecule has 0 bridgehead atoms. The van der Waals surface area contributed by atoms with Crippen molar-refractivity contribution in [2.75, 3.05) is 0 Å². The molecule has 1 unspecified atom stereocenters. The molecule has 0 saturated heterocycles. The summed E-state index contributed by atoms with van der Waals surface area (Å²) < 4.78 is 13.1. The maximum absolute atomic E-state index is 13.1. The maximum atomic E-state index is 13.1. The fraction of sp³-hybridized carbons (Fsp3) is 0.231. The molecular weight excluding hydrogens is 235 g/mol. The van der Waals surface area contributed by atoms with Crippen LogP contribution in [0.5, 0.6) is 0 Å². The number of carboxylic acid groups (broad SMARTS) is 1. The Morgan fingerprint density at radius 3 is 3.00 bits per heavy atom. The number of aliphatic carboxylic acids is 1. The molecule has 0 amide bonds. The second-order valence-electron chi connectivity index (χ2n) is 4.20. The zero-order valence-electron chi connectivity index (χ0n) is 9.85. The Kier molecular flexibility index (Phi) is 3.41. The molecule has 0 aliphatic rings. The standard InChI is InChI=1S/C13H13FN2O2/c1-8(13(17)18)5-12-15-7-11(16-12)9-3-2-4-10(14)6-9/h2-4,6-8H,5H2,1H3,(H,15,16)(H,17,18). The molecule has 1 heterocycles. The molecule has 1 aromatic carbocycles. The summed E-state index contributed by atoms with van der Waals surface area (Å²) in [5.41, 5.74) is 1.37. The molecule has 1 aromatic heterocycles. The largest absolute Gasteiger partial charge is 0.481 e. The Bertz CT molecular complexity index is 566. The first-order chi connectivity index (χ1) is 8.56. The Morgan fingerprint density at radius 2 is 2.33 bits per heavy atom. The van der Waals surface area contributed by atoms with Crippen LogP contribution < -0.4 is 0 Å². The van der Waals surface area contributed by atoms with Crippen molar-refractivity contribution in [2.24, 2.45) is 5.92 Å². The molecule has 94 valence electrons. The highest BCUT2D eigenvalue weighted by Crippen LogP contribution is 2.18. The number of carboxylic acids is 1. The van der Waals surface area contributed by atoms with Crippen LogP contribution in [0.2, 0.25) is 0 Å². The van der Waals surface area contributed by atoms with E-state index in [-0.39, 0.29) is 5.82 Å². The number of nitrogens with zero attached hydrogens (tertiary/aromatic N) is 1. The lowest BCUT2D eigenvalue weighted by Crippen LogP contribution is -2.12. The Morgan fingerprint density at radius 1 is 1.56 bits per heavy atom. The van der Waals surface area contributed by atoms with Gasteiger partial charge in [-0.3, -0.25) is 4.79 Å². The van der Waals surface area contributed by atoms with Crippen molar-refractivity contribution in [3.05, 3.63) is 42.1 Å². The van der Waals surface area contributed by atoms with Gasteiger partial charge < -0.3 is 10.1 Å². The number of aromatic amines is 1. The van der Waals surface area contributed by atoms with E-state index in [0.29, 0.717) is 23.5 Å². The number of benzene rings is 1. The molecule has 2 aromatic rings. The van der Waals surface area contributed by atoms with Crippen LogP contribution in [0.15, 0.2) is 30.5 Å². The van der Waals surface area contributed by atoms with Crippen molar-refractivity contribution in [1.82, 2.24) is 9.97 Å². The van der Waals surface area contributed by atoms with E-state index in [9.17, 15) is 9.18 Å². The summed E-state index contributed by atoms with van der Waals surface area (Å²) >= 11 is 0. The van der Waals surface area contributed by atoms with Crippen molar-refractivity contribution in [1.29, 1.82) is 0 Å². The van der Waals surface area contributed by atoms with Crippen molar-refractivity contribution in [3.63, 3.8) is 0 Å². The third-order valence-electron chi connectivity index (χ3n) is 2.69. The van der Waals surface area contributed by atoms with Crippen LogP contribution in [-0.4, -0.2) is 21.0 Å². The van der Waals surface area contributed by atoms with Crippen molar-refractivity contribution < 1.29 is 14.3 Å². The van der Waals surface area contributed by atoms with E-state index in [1.165, 1.54) is 12.1 Å². The van der Waals surface area contributed by atoms with Gasteiger partial charge in [0.1, 0.15) is 11.6 Å². The molecule has 4 nitrogen and oxygen atoms in total. The molecule has 0 saturated carbocycles. The molecule has 5 heteroatoms. The van der Waals surface area contributed by atoms with Crippen molar-refractivity contribution >= 4 is 5.97 Å². The zero-order chi connectivity index (χ0) is 13.1. The van der Waals surface area contributed by atoms with Gasteiger partial charge in [0.2, 0.25) is 0 Å². The lowest BCUT2D eigenvalue weighted by molar-refractivity contribution is -0.141. The summed E-state index contributed by atoms with van der Waals surface area (Å²) in [5, 5.41) is 8.81. The normalized spacial score (nSPS) is 12.3. The van der Waals surface area contributed by atoms with Crippen LogP contribution in [0.25, 0.3) is 11.3 Å². The van der Waals surface area contributed by atoms with Gasteiger partial charge in [-0.15, -0.1) is 0 Å². The lowest BCUT2D eigenvalue weighted by atomic mass is 10.1. The first-order valence-corrected chi connectivity index (χ1v) is 5.59. The van der Waals surface area contributed by atoms with E-state index in [1.807, 2.05) is 0 Å². The maximum Gasteiger partial charge on any atom is 0.306 e. The number of hydrogen-bond acceptors (Lipinski definition) is 2. The number of H-pyrrole nitrogens is 1. The molecule has 0 aliphatic carbocycles. The molecule has 2 N–H and O–H groups in total. The van der Waals surface area contributed by atoms with Gasteiger partial charge in [0.05, 0.1) is 17.8 Å². The number of nitrogens with one attached hydrogen (secondary N) is 1. The zero-order valence-corrected chi connectivity index (χ0v) is 9.85. The molecule has 0 radical (unpaired) electrons. The molecule has 2 rings (SSSR count). The lowest BCUT2D eigenvalue weighted by Gasteiger charge is -2.02. The van der Waals surface area contributed by atoms with Gasteiger partial charge in [0.25, 0.3) is 0 Å². The van der Waals surface area contributed by atoms with Crippen LogP contribution in [0.3, 0.4) is 0 Å². The van der Waals surface area contributed by atoms with Crippen LogP contribution in [0.1, 0.15) is 12.7 Å². The number of carbonyl (C=O) groups is 1. The van der Waals surface area contributed by atoms with Gasteiger partial charge in [0.15, 0.2) is 0 Å². The van der Waals surface area contributed by atoms with Crippen LogP contribution in [0, 0.1) is 11.7 Å². The van der Waals surface area contributed by atoms with Gasteiger partial charge in [-0.05, 0) is 12.1 Å². The molecular formula is C13H13FN2O2. The molecule has 1 atom stereocenters. The smallest absolute Gasteiger partial charge is 0.306 e. The quantitative estimate of drug-likeness (QED) is 0.873. The predicted octanol–water partition coefficient (Wildman–Crippen LogP) is 2.48. The topological polar surface area (TPSA) is 66.0 Å². The molecule has 0 aliphatic heterocycles. The second-order valence-corrected chi connectivity index (χ2v) is 4.20. The predicted molar refractivity (Wildman–Crippen MR) is 64.5 cm³/mol. The summed E-state index contributed by atoms with van der Waals surface area (Å²) in [4.78, 5) is 17.8. The first-order valence-electron chi connectivity index (χ1n) is 5.59. The van der Waals surface area contributed by atoms with Gasteiger partial charge in [0, 0.05) is 12.0 Å². The van der Waals surface area contributed by atoms with Crippen LogP contribution in [-0.2, 0) is 11.2 Å². The van der Waals surface area contributed by atoms with E-state index < -0.39 is 11.9 Å². The minimum absolute atomic E-state index is 0.317. The molecule has 0 fully saturated rings. The highest BCUT2D eigenvalue weighted by Gasteiger charge is 2.14. The first kappa shape index (κ1) is 12.3. The summed E-state index contributed by atoms with van der Waals surface area (Å²) in [6, 6.07) is 6.15. The second kappa shape index (κ2) is 5.00. The van der Waals surface area contributed by atoms with Crippen molar-refractivity contribution in [3.8, 4) is 11.3 Å². The highest BCUT2D eigenvalue weighted by molar-refractivity contribution is 5.69. The van der Waals surface area contributed by atoms with E-state index >= 15 is 0 Å². The van der Waals surface area contributed by atoms with E-state index in [0.717, 1.165) is 0 Å². The number of rotatable bonds is 4. The number of hydrogen-bond donors (Lipinski definition) is 2. The SMILES string of the molecule is CC(Cc1ncc(-c2cccc(F)c2)[nH]1)C(=O)O.